The van der Waals surface area contributed by atoms with Crippen LogP contribution in [0.4, 0.5) is 4.79 Å². The highest BCUT2D eigenvalue weighted by atomic mass is 32.2. The van der Waals surface area contributed by atoms with Gasteiger partial charge in [0.05, 0.1) is 12.9 Å². The number of hydrogen-bond acceptors (Lipinski definition) is 5. The number of hydrogen-bond donors (Lipinski definition) is 0. The Kier molecular flexibility index (Phi) is 7.18. The van der Waals surface area contributed by atoms with E-state index in [1.807, 2.05) is 37.3 Å². The van der Waals surface area contributed by atoms with Gasteiger partial charge in [0.25, 0.3) is 10.1 Å². The Morgan fingerprint density at radius 3 is 2.48 bits per heavy atom. The first-order valence-corrected chi connectivity index (χ1v) is 8.54. The Bertz CT molecular complexity index is 530. The molecule has 0 N–H and O–H groups in total. The number of ether oxygens (including phenoxy) is 1. The van der Waals surface area contributed by atoms with E-state index in [1.165, 1.54) is 4.90 Å². The van der Waals surface area contributed by atoms with Gasteiger partial charge in [0.2, 0.25) is 0 Å². The molecular formula is C14H21NO5S. The molecule has 1 aromatic carbocycles. The van der Waals surface area contributed by atoms with Crippen LogP contribution in [0.15, 0.2) is 30.3 Å². The zero-order chi connectivity index (χ0) is 15.7. The minimum absolute atomic E-state index is 0.0568. The quantitative estimate of drug-likeness (QED) is 0.542. The molecule has 0 spiro atoms. The van der Waals surface area contributed by atoms with E-state index in [9.17, 15) is 13.2 Å². The maximum Gasteiger partial charge on any atom is 0.410 e. The summed E-state index contributed by atoms with van der Waals surface area (Å²) in [6.07, 6.45) is 1.01. The van der Waals surface area contributed by atoms with Crippen LogP contribution in [0.25, 0.3) is 0 Å². The molecule has 1 aromatic rings. The van der Waals surface area contributed by atoms with Gasteiger partial charge in [0, 0.05) is 13.1 Å². The van der Waals surface area contributed by atoms with Crippen molar-refractivity contribution < 1.29 is 22.1 Å². The van der Waals surface area contributed by atoms with E-state index in [0.29, 0.717) is 19.5 Å². The summed E-state index contributed by atoms with van der Waals surface area (Å²) >= 11 is 0. The van der Waals surface area contributed by atoms with Gasteiger partial charge < -0.3 is 9.64 Å². The summed E-state index contributed by atoms with van der Waals surface area (Å²) < 4.78 is 31.5. The van der Waals surface area contributed by atoms with Crippen LogP contribution < -0.4 is 0 Å². The molecule has 0 saturated carbocycles. The maximum absolute atomic E-state index is 11.9. The zero-order valence-electron chi connectivity index (χ0n) is 12.3. The van der Waals surface area contributed by atoms with Crippen molar-refractivity contribution in [3.8, 4) is 0 Å². The fraction of sp³-hybridized carbons (Fsp3) is 0.500. The van der Waals surface area contributed by atoms with Crippen LogP contribution in [0, 0.1) is 0 Å². The van der Waals surface area contributed by atoms with E-state index < -0.39 is 16.2 Å². The molecule has 1 amide bonds. The smallest absolute Gasteiger partial charge is 0.410 e. The second kappa shape index (κ2) is 8.63. The van der Waals surface area contributed by atoms with Crippen LogP contribution in [0.2, 0.25) is 0 Å². The molecule has 0 aliphatic carbocycles. The molecular weight excluding hydrogens is 294 g/mol. The Balaban J connectivity index is 2.32. The van der Waals surface area contributed by atoms with Crippen molar-refractivity contribution in [2.45, 2.75) is 20.0 Å². The van der Waals surface area contributed by atoms with Crippen molar-refractivity contribution in [2.75, 3.05) is 26.0 Å². The van der Waals surface area contributed by atoms with Gasteiger partial charge in [-0.05, 0) is 18.9 Å². The second-order valence-corrected chi connectivity index (χ2v) is 6.14. The molecule has 118 valence electrons. The van der Waals surface area contributed by atoms with Gasteiger partial charge in [-0.3, -0.25) is 4.18 Å². The van der Waals surface area contributed by atoms with Crippen LogP contribution >= 0.6 is 0 Å². The molecule has 0 bridgehead atoms. The van der Waals surface area contributed by atoms with Crippen molar-refractivity contribution in [1.82, 2.24) is 4.90 Å². The van der Waals surface area contributed by atoms with E-state index in [2.05, 4.69) is 4.18 Å². The molecule has 0 aromatic heterocycles. The van der Waals surface area contributed by atoms with E-state index in [4.69, 9.17) is 4.74 Å². The summed E-state index contributed by atoms with van der Waals surface area (Å²) in [6, 6.07) is 9.41. The third-order valence-corrected chi connectivity index (χ3v) is 3.31. The van der Waals surface area contributed by atoms with E-state index in [0.717, 1.165) is 11.8 Å². The molecule has 0 aliphatic rings. The summed E-state index contributed by atoms with van der Waals surface area (Å²) in [7, 11) is -3.43. The minimum atomic E-state index is -3.43. The molecule has 0 saturated heterocycles. The monoisotopic (exact) mass is 315 g/mol. The lowest BCUT2D eigenvalue weighted by Gasteiger charge is -2.20. The highest BCUT2D eigenvalue weighted by Gasteiger charge is 2.13. The molecule has 21 heavy (non-hydrogen) atoms. The third-order valence-electron chi connectivity index (χ3n) is 2.71. The first-order valence-electron chi connectivity index (χ1n) is 6.72. The van der Waals surface area contributed by atoms with Crippen LogP contribution in [0.3, 0.4) is 0 Å². The van der Waals surface area contributed by atoms with Gasteiger partial charge >= 0.3 is 6.09 Å². The number of carbonyl (C=O) groups is 1. The normalized spacial score (nSPS) is 11.1. The van der Waals surface area contributed by atoms with Gasteiger partial charge in [-0.1, -0.05) is 30.3 Å². The van der Waals surface area contributed by atoms with E-state index in [1.54, 1.807) is 0 Å². The molecule has 0 fully saturated rings. The summed E-state index contributed by atoms with van der Waals surface area (Å²) in [6.45, 7) is 2.99. The Morgan fingerprint density at radius 1 is 1.24 bits per heavy atom. The van der Waals surface area contributed by atoms with E-state index >= 15 is 0 Å². The van der Waals surface area contributed by atoms with Gasteiger partial charge in [-0.15, -0.1) is 0 Å². The van der Waals surface area contributed by atoms with Crippen LogP contribution in [-0.2, 0) is 25.6 Å². The average molecular weight is 315 g/mol. The topological polar surface area (TPSA) is 72.9 Å². The predicted octanol–water partition coefficient (Wildman–Crippen LogP) is 2.01. The van der Waals surface area contributed by atoms with Crippen molar-refractivity contribution in [2.24, 2.45) is 0 Å². The molecule has 0 heterocycles. The highest BCUT2D eigenvalue weighted by molar-refractivity contribution is 7.85. The minimum Gasteiger partial charge on any atom is -0.445 e. The molecule has 6 nitrogen and oxygen atoms in total. The summed E-state index contributed by atoms with van der Waals surface area (Å²) in [5.41, 5.74) is 0.919. The average Bonchev–Trinajstić information content (AvgIpc) is 2.45. The van der Waals surface area contributed by atoms with E-state index in [-0.39, 0.29) is 13.2 Å². The van der Waals surface area contributed by atoms with Gasteiger partial charge in [0.15, 0.2) is 0 Å². The molecule has 0 radical (unpaired) electrons. The molecule has 0 aliphatic heterocycles. The maximum atomic E-state index is 11.9. The Morgan fingerprint density at radius 2 is 1.90 bits per heavy atom. The number of benzene rings is 1. The lowest BCUT2D eigenvalue weighted by molar-refractivity contribution is 0.0961. The molecule has 0 unspecified atom stereocenters. The fourth-order valence-corrected chi connectivity index (χ4v) is 2.08. The standard InChI is InChI=1S/C14H21NO5S/c1-3-15(10-7-11-20-21(2,17)18)14(16)19-12-13-8-5-4-6-9-13/h4-6,8-9H,3,7,10-12H2,1-2H3. The number of rotatable bonds is 8. The lowest BCUT2D eigenvalue weighted by atomic mass is 10.2. The third kappa shape index (κ3) is 7.67. The van der Waals surface area contributed by atoms with Crippen molar-refractivity contribution >= 4 is 16.2 Å². The van der Waals surface area contributed by atoms with Crippen LogP contribution in [-0.4, -0.2) is 45.4 Å². The number of carbonyl (C=O) groups excluding carboxylic acids is 1. The lowest BCUT2D eigenvalue weighted by Crippen LogP contribution is -2.32. The van der Waals surface area contributed by atoms with Gasteiger partial charge in [0.1, 0.15) is 6.61 Å². The number of nitrogens with zero attached hydrogens (tertiary/aromatic N) is 1. The number of amides is 1. The van der Waals surface area contributed by atoms with Crippen LogP contribution in [0.5, 0.6) is 0 Å². The van der Waals surface area contributed by atoms with Crippen molar-refractivity contribution in [3.63, 3.8) is 0 Å². The first kappa shape index (κ1) is 17.5. The Hall–Kier alpha value is -1.60. The highest BCUT2D eigenvalue weighted by Crippen LogP contribution is 2.04. The summed E-state index contributed by atoms with van der Waals surface area (Å²) in [5, 5.41) is 0. The second-order valence-electron chi connectivity index (χ2n) is 4.50. The van der Waals surface area contributed by atoms with Gasteiger partial charge in [-0.25, -0.2) is 4.79 Å². The zero-order valence-corrected chi connectivity index (χ0v) is 13.1. The predicted molar refractivity (Wildman–Crippen MR) is 79.3 cm³/mol. The molecule has 7 heteroatoms. The van der Waals surface area contributed by atoms with Crippen molar-refractivity contribution in [1.29, 1.82) is 0 Å². The van der Waals surface area contributed by atoms with Crippen molar-refractivity contribution in [3.05, 3.63) is 35.9 Å². The fourth-order valence-electron chi connectivity index (χ4n) is 1.65. The molecule has 1 rings (SSSR count). The summed E-state index contributed by atoms with van der Waals surface area (Å²) in [5.74, 6) is 0. The Labute approximate surface area is 125 Å². The SMILES string of the molecule is CCN(CCCOS(C)(=O)=O)C(=O)OCc1ccccc1. The summed E-state index contributed by atoms with van der Waals surface area (Å²) in [4.78, 5) is 13.4. The van der Waals surface area contributed by atoms with Gasteiger partial charge in [-0.2, -0.15) is 8.42 Å². The largest absolute Gasteiger partial charge is 0.445 e. The molecule has 0 atom stereocenters. The first-order chi connectivity index (χ1) is 9.92. The van der Waals surface area contributed by atoms with Crippen LogP contribution in [0.1, 0.15) is 18.9 Å².